The van der Waals surface area contributed by atoms with Crippen LogP contribution in [0.15, 0.2) is 54.3 Å². The molecule has 0 saturated heterocycles. The molecule has 42 heavy (non-hydrogen) atoms. The van der Waals surface area contributed by atoms with Gasteiger partial charge in [-0.1, -0.05) is 77.4 Å². The highest BCUT2D eigenvalue weighted by atomic mass is 127. The fourth-order valence-electron chi connectivity index (χ4n) is 4.29. The van der Waals surface area contributed by atoms with Gasteiger partial charge in [-0.2, -0.15) is 0 Å². The van der Waals surface area contributed by atoms with Gasteiger partial charge in [0.15, 0.2) is 28.5 Å². The van der Waals surface area contributed by atoms with E-state index in [9.17, 15) is 4.79 Å². The molecule has 2 aromatic rings. The summed E-state index contributed by atoms with van der Waals surface area (Å²) in [7, 11) is -4.52. The van der Waals surface area contributed by atoms with Crippen molar-refractivity contribution in [2.75, 3.05) is 6.61 Å². The molecule has 9 heteroatoms. The van der Waals surface area contributed by atoms with E-state index >= 15 is 0 Å². The van der Waals surface area contributed by atoms with Gasteiger partial charge in [0.2, 0.25) is 0 Å². The van der Waals surface area contributed by atoms with Crippen LogP contribution in [-0.2, 0) is 24.8 Å². The molecular formula is C33H48ClIO5Si2. The van der Waals surface area contributed by atoms with Crippen LogP contribution in [0.5, 0.6) is 5.75 Å². The van der Waals surface area contributed by atoms with Crippen LogP contribution in [0.3, 0.4) is 0 Å². The highest BCUT2D eigenvalue weighted by molar-refractivity contribution is 14.1. The monoisotopic (exact) mass is 742 g/mol. The second-order valence-electron chi connectivity index (χ2n) is 14.1. The number of allylic oxidation sites excluding steroid dienone is 1. The van der Waals surface area contributed by atoms with E-state index in [4.69, 9.17) is 29.9 Å². The number of carbonyl (C=O) groups is 1. The topological polar surface area (TPSA) is 54.0 Å². The zero-order valence-corrected chi connectivity index (χ0v) is 32.0. The summed E-state index contributed by atoms with van der Waals surface area (Å²) in [5.41, 5.74) is 3.01. The molecule has 0 saturated carbocycles. The van der Waals surface area contributed by atoms with Gasteiger partial charge in [0.25, 0.3) is 3.79 Å². The van der Waals surface area contributed by atoms with Crippen LogP contribution in [0.4, 0.5) is 0 Å². The number of rotatable bonds is 10. The molecule has 0 radical (unpaired) electrons. The van der Waals surface area contributed by atoms with Crippen molar-refractivity contribution < 1.29 is 23.1 Å². The Morgan fingerprint density at radius 3 is 2.02 bits per heavy atom. The summed E-state index contributed by atoms with van der Waals surface area (Å²) in [6.45, 7) is 24.9. The second kappa shape index (κ2) is 13.4. The van der Waals surface area contributed by atoms with Crippen molar-refractivity contribution in [3.05, 3.63) is 76.0 Å². The summed E-state index contributed by atoms with van der Waals surface area (Å²) in [6, 6.07) is 14.1. The first-order chi connectivity index (χ1) is 19.3. The summed E-state index contributed by atoms with van der Waals surface area (Å²) in [4.78, 5) is 12.8. The van der Waals surface area contributed by atoms with Crippen molar-refractivity contribution in [3.63, 3.8) is 0 Å². The minimum atomic E-state index is -2.28. The Bertz CT molecular complexity index is 1280. The molecule has 0 N–H and O–H groups in total. The molecule has 1 aliphatic heterocycles. The highest BCUT2D eigenvalue weighted by Crippen LogP contribution is 2.45. The first-order valence-electron chi connectivity index (χ1n) is 14.7. The average Bonchev–Trinajstić information content (AvgIpc) is 2.86. The Morgan fingerprint density at radius 2 is 1.50 bits per heavy atom. The SMILES string of the molecule is CCOc1ccc(Cc2cc([C@@H]3OC(C(=O)I)=C[C@H](O[Si](C)(C)C(C)(C)C)[C@H]3O[Si](C)(C)C(C)(C)C)ccc2Cl)cc1. The van der Waals surface area contributed by atoms with E-state index in [1.807, 2.05) is 37.3 Å². The van der Waals surface area contributed by atoms with Crippen molar-refractivity contribution in [1.29, 1.82) is 0 Å². The van der Waals surface area contributed by atoms with Crippen molar-refractivity contribution in [3.8, 4) is 5.75 Å². The number of hydrogen-bond donors (Lipinski definition) is 0. The quantitative estimate of drug-likeness (QED) is 0.138. The summed E-state index contributed by atoms with van der Waals surface area (Å²) >= 11 is 8.54. The Kier molecular flexibility index (Phi) is 11.3. The van der Waals surface area contributed by atoms with Crippen LogP contribution in [-0.4, -0.2) is 39.2 Å². The summed E-state index contributed by atoms with van der Waals surface area (Å²) in [6.07, 6.45) is 1.10. The third-order valence-corrected chi connectivity index (χ3v) is 18.7. The summed E-state index contributed by atoms with van der Waals surface area (Å²) < 4.78 is 26.1. The van der Waals surface area contributed by atoms with Gasteiger partial charge in [-0.05, 0) is 90.6 Å². The third-order valence-electron chi connectivity index (χ3n) is 8.89. The molecule has 1 aliphatic rings. The standard InChI is InChI=1S/C33H48ClIO5Si2/c1-12-37-25-16-13-22(14-17-25)19-24-20-23(15-18-26(24)34)29-30(40-42(10,11)33(5,6)7)27(21-28(38-29)31(35)36)39-41(8,9)32(2,3)4/h13-18,20-21,27,29-30H,12,19H2,1-11H3/t27-,29-,30+/m0/s1. The fourth-order valence-corrected chi connectivity index (χ4v) is 7.31. The number of ether oxygens (including phenoxy) is 2. The molecule has 0 bridgehead atoms. The molecule has 232 valence electrons. The van der Waals surface area contributed by atoms with Crippen molar-refractivity contribution >= 4 is 54.6 Å². The minimum Gasteiger partial charge on any atom is -0.494 e. The Hall–Kier alpha value is -1.18. The largest absolute Gasteiger partial charge is 0.494 e. The number of carbonyl (C=O) groups excluding carboxylic acids is 1. The number of halogens is 2. The van der Waals surface area contributed by atoms with Crippen LogP contribution < -0.4 is 4.74 Å². The number of benzene rings is 2. The Morgan fingerprint density at radius 1 is 0.929 bits per heavy atom. The third kappa shape index (κ3) is 8.50. The van der Waals surface area contributed by atoms with Gasteiger partial charge in [0.1, 0.15) is 11.9 Å². The van der Waals surface area contributed by atoms with E-state index in [1.165, 1.54) is 0 Å². The molecule has 0 aromatic heterocycles. The molecule has 2 aromatic carbocycles. The molecular weight excluding hydrogens is 695 g/mol. The van der Waals surface area contributed by atoms with E-state index in [0.717, 1.165) is 22.4 Å². The first kappa shape index (κ1) is 35.3. The Balaban J connectivity index is 2.10. The van der Waals surface area contributed by atoms with Gasteiger partial charge >= 0.3 is 0 Å². The van der Waals surface area contributed by atoms with Crippen LogP contribution in [0.1, 0.15) is 71.3 Å². The summed E-state index contributed by atoms with van der Waals surface area (Å²) in [5, 5.41) is 0.636. The van der Waals surface area contributed by atoms with Gasteiger partial charge in [-0.3, -0.25) is 4.79 Å². The van der Waals surface area contributed by atoms with Gasteiger partial charge in [0.05, 0.1) is 12.7 Å². The van der Waals surface area contributed by atoms with Gasteiger partial charge in [-0.25, -0.2) is 0 Å². The molecule has 3 rings (SSSR count). The predicted octanol–water partition coefficient (Wildman–Crippen LogP) is 10.0. The van der Waals surface area contributed by atoms with Crippen LogP contribution in [0.25, 0.3) is 0 Å². The zero-order valence-electron chi connectivity index (χ0n) is 27.1. The molecule has 0 unspecified atom stereocenters. The van der Waals surface area contributed by atoms with Crippen LogP contribution >= 0.6 is 34.2 Å². The van der Waals surface area contributed by atoms with Gasteiger partial charge in [-0.15, -0.1) is 0 Å². The molecule has 1 heterocycles. The number of hydrogen-bond acceptors (Lipinski definition) is 5. The predicted molar refractivity (Wildman–Crippen MR) is 187 cm³/mol. The Labute approximate surface area is 274 Å². The molecule has 0 fully saturated rings. The maximum absolute atomic E-state index is 12.8. The molecule has 0 aliphatic carbocycles. The lowest BCUT2D eigenvalue weighted by Crippen LogP contribution is -2.54. The van der Waals surface area contributed by atoms with Crippen LogP contribution in [0.2, 0.25) is 41.3 Å². The van der Waals surface area contributed by atoms with Crippen molar-refractivity contribution in [1.82, 2.24) is 0 Å². The fraction of sp³-hybridized carbons (Fsp3) is 0.545. The lowest BCUT2D eigenvalue weighted by molar-refractivity contribution is -0.115. The van der Waals surface area contributed by atoms with E-state index in [2.05, 4.69) is 85.9 Å². The second-order valence-corrected chi connectivity index (χ2v) is 25.0. The smallest absolute Gasteiger partial charge is 0.256 e. The first-order valence-corrected chi connectivity index (χ1v) is 22.0. The van der Waals surface area contributed by atoms with E-state index in [0.29, 0.717) is 23.8 Å². The van der Waals surface area contributed by atoms with E-state index in [1.54, 1.807) is 22.6 Å². The minimum absolute atomic E-state index is 0.0180. The summed E-state index contributed by atoms with van der Waals surface area (Å²) in [5.74, 6) is 1.15. The van der Waals surface area contributed by atoms with Crippen LogP contribution in [0, 0.1) is 0 Å². The van der Waals surface area contributed by atoms with Gasteiger partial charge in [0, 0.05) is 27.6 Å². The van der Waals surface area contributed by atoms with Crippen molar-refractivity contribution in [2.45, 2.75) is 109 Å². The molecule has 3 atom stereocenters. The molecule has 0 spiro atoms. The highest BCUT2D eigenvalue weighted by Gasteiger charge is 2.49. The normalized spacial score (nSPS) is 20.1. The van der Waals surface area contributed by atoms with E-state index < -0.39 is 34.9 Å². The van der Waals surface area contributed by atoms with Crippen molar-refractivity contribution in [2.24, 2.45) is 0 Å². The molecule has 5 nitrogen and oxygen atoms in total. The maximum Gasteiger partial charge on any atom is 0.256 e. The van der Waals surface area contributed by atoms with E-state index in [-0.39, 0.29) is 13.9 Å². The zero-order chi connectivity index (χ0) is 31.7. The molecule has 0 amide bonds. The lowest BCUT2D eigenvalue weighted by atomic mass is 9.94. The average molecular weight is 743 g/mol. The lowest BCUT2D eigenvalue weighted by Gasteiger charge is -2.47. The van der Waals surface area contributed by atoms with Gasteiger partial charge < -0.3 is 18.3 Å². The maximum atomic E-state index is 12.8.